The van der Waals surface area contributed by atoms with Gasteiger partial charge in [0.15, 0.2) is 0 Å². The molecule has 1 aliphatic rings. The summed E-state index contributed by atoms with van der Waals surface area (Å²) < 4.78 is 5.46. The number of carbonyl (C=O) groups excluding carboxylic acids is 1. The second-order valence-corrected chi connectivity index (χ2v) is 5.84. The molecule has 0 spiro atoms. The van der Waals surface area contributed by atoms with Crippen LogP contribution in [0.2, 0.25) is 0 Å². The molecule has 0 bridgehead atoms. The molecule has 5 heteroatoms. The van der Waals surface area contributed by atoms with E-state index in [0.29, 0.717) is 11.1 Å². The van der Waals surface area contributed by atoms with E-state index in [4.69, 9.17) is 4.74 Å². The third kappa shape index (κ3) is 2.82. The Balaban J connectivity index is 1.73. The molecule has 118 valence electrons. The SMILES string of the molecule is Cc1c(COC(=O)C2(c3ccccc3)CC2)cccc1[N+](=O)[O-]. The van der Waals surface area contributed by atoms with Gasteiger partial charge in [-0.2, -0.15) is 0 Å². The van der Waals surface area contributed by atoms with Crippen molar-refractivity contribution >= 4 is 11.7 Å². The molecule has 0 saturated heterocycles. The van der Waals surface area contributed by atoms with Gasteiger partial charge in [0.2, 0.25) is 0 Å². The quantitative estimate of drug-likeness (QED) is 0.480. The number of ether oxygens (including phenoxy) is 1. The van der Waals surface area contributed by atoms with E-state index in [2.05, 4.69) is 0 Å². The molecule has 0 N–H and O–H groups in total. The smallest absolute Gasteiger partial charge is 0.316 e. The van der Waals surface area contributed by atoms with Crippen LogP contribution in [0.5, 0.6) is 0 Å². The van der Waals surface area contributed by atoms with Gasteiger partial charge in [0.05, 0.1) is 10.3 Å². The lowest BCUT2D eigenvalue weighted by Gasteiger charge is -2.15. The van der Waals surface area contributed by atoms with E-state index < -0.39 is 10.3 Å². The van der Waals surface area contributed by atoms with Crippen LogP contribution in [0.25, 0.3) is 0 Å². The molecule has 3 rings (SSSR count). The maximum absolute atomic E-state index is 12.5. The van der Waals surface area contributed by atoms with Crippen LogP contribution in [-0.2, 0) is 21.6 Å². The fourth-order valence-electron chi connectivity index (χ4n) is 2.80. The Bertz CT molecular complexity index is 751. The number of hydrogen-bond donors (Lipinski definition) is 0. The first kappa shape index (κ1) is 15.2. The van der Waals surface area contributed by atoms with Gasteiger partial charge >= 0.3 is 5.97 Å². The molecule has 0 amide bonds. The third-order valence-corrected chi connectivity index (χ3v) is 4.44. The Morgan fingerprint density at radius 1 is 1.17 bits per heavy atom. The van der Waals surface area contributed by atoms with Gasteiger partial charge < -0.3 is 4.74 Å². The molecule has 0 aliphatic heterocycles. The van der Waals surface area contributed by atoms with Crippen LogP contribution >= 0.6 is 0 Å². The van der Waals surface area contributed by atoms with Crippen molar-refractivity contribution in [2.45, 2.75) is 31.8 Å². The summed E-state index contributed by atoms with van der Waals surface area (Å²) in [5.41, 5.74) is 1.69. The molecule has 1 aliphatic carbocycles. The van der Waals surface area contributed by atoms with Crippen LogP contribution in [-0.4, -0.2) is 10.9 Å². The van der Waals surface area contributed by atoms with Gasteiger partial charge in [0, 0.05) is 11.6 Å². The summed E-state index contributed by atoms with van der Waals surface area (Å²) in [6.45, 7) is 1.73. The summed E-state index contributed by atoms with van der Waals surface area (Å²) in [4.78, 5) is 23.0. The number of nitrogens with zero attached hydrogens (tertiary/aromatic N) is 1. The standard InChI is InChI=1S/C18H17NO4/c1-13-14(6-5-9-16(13)19(21)22)12-23-17(20)18(10-11-18)15-7-3-2-4-8-15/h2-9H,10-12H2,1H3. The highest BCUT2D eigenvalue weighted by molar-refractivity contribution is 5.86. The second-order valence-electron chi connectivity index (χ2n) is 5.84. The lowest BCUT2D eigenvalue weighted by molar-refractivity contribution is -0.385. The van der Waals surface area contributed by atoms with Crippen LogP contribution in [0.15, 0.2) is 48.5 Å². The number of hydrogen-bond acceptors (Lipinski definition) is 4. The first-order valence-corrected chi connectivity index (χ1v) is 7.50. The average molecular weight is 311 g/mol. The molecule has 2 aromatic rings. The van der Waals surface area contributed by atoms with Crippen molar-refractivity contribution in [3.05, 3.63) is 75.3 Å². The Morgan fingerprint density at radius 3 is 2.48 bits per heavy atom. The topological polar surface area (TPSA) is 69.4 Å². The molecule has 0 radical (unpaired) electrons. The largest absolute Gasteiger partial charge is 0.460 e. The molecule has 0 aromatic heterocycles. The monoisotopic (exact) mass is 311 g/mol. The van der Waals surface area contributed by atoms with Crippen LogP contribution in [0, 0.1) is 17.0 Å². The molecule has 1 saturated carbocycles. The van der Waals surface area contributed by atoms with Crippen LogP contribution in [0.4, 0.5) is 5.69 Å². The summed E-state index contributed by atoms with van der Waals surface area (Å²) in [6, 6.07) is 14.4. The molecular weight excluding hydrogens is 294 g/mol. The minimum Gasteiger partial charge on any atom is -0.460 e. The van der Waals surface area contributed by atoms with Gasteiger partial charge in [-0.25, -0.2) is 0 Å². The zero-order valence-electron chi connectivity index (χ0n) is 12.8. The van der Waals surface area contributed by atoms with Crippen molar-refractivity contribution < 1.29 is 14.5 Å². The fourth-order valence-corrected chi connectivity index (χ4v) is 2.80. The van der Waals surface area contributed by atoms with E-state index in [1.807, 2.05) is 30.3 Å². The first-order chi connectivity index (χ1) is 11.0. The van der Waals surface area contributed by atoms with Crippen molar-refractivity contribution in [1.29, 1.82) is 0 Å². The molecule has 0 heterocycles. The molecule has 2 aromatic carbocycles. The fraction of sp³-hybridized carbons (Fsp3) is 0.278. The summed E-state index contributed by atoms with van der Waals surface area (Å²) in [7, 11) is 0. The second kappa shape index (κ2) is 5.83. The highest BCUT2D eigenvalue weighted by atomic mass is 16.6. The van der Waals surface area contributed by atoms with E-state index >= 15 is 0 Å². The van der Waals surface area contributed by atoms with Gasteiger partial charge in [-0.15, -0.1) is 0 Å². The molecular formula is C18H17NO4. The van der Waals surface area contributed by atoms with Gasteiger partial charge in [-0.3, -0.25) is 14.9 Å². The van der Waals surface area contributed by atoms with Crippen LogP contribution in [0.1, 0.15) is 29.5 Å². The summed E-state index contributed by atoms with van der Waals surface area (Å²) in [5, 5.41) is 11.0. The lowest BCUT2D eigenvalue weighted by Crippen LogP contribution is -2.23. The number of benzene rings is 2. The van der Waals surface area contributed by atoms with Crippen molar-refractivity contribution in [2.24, 2.45) is 0 Å². The Labute approximate surface area is 134 Å². The summed E-state index contributed by atoms with van der Waals surface area (Å²) in [6.07, 6.45) is 1.56. The predicted molar refractivity (Wildman–Crippen MR) is 85.0 cm³/mol. The average Bonchev–Trinajstić information content (AvgIpc) is 3.36. The van der Waals surface area contributed by atoms with Gasteiger partial charge in [0.1, 0.15) is 6.61 Å². The molecule has 1 fully saturated rings. The van der Waals surface area contributed by atoms with Gasteiger partial charge in [-0.05, 0) is 30.9 Å². The number of nitro benzene ring substituents is 1. The molecule has 5 nitrogen and oxygen atoms in total. The van der Waals surface area contributed by atoms with E-state index in [9.17, 15) is 14.9 Å². The van der Waals surface area contributed by atoms with Crippen molar-refractivity contribution in [2.75, 3.05) is 0 Å². The zero-order valence-corrected chi connectivity index (χ0v) is 12.8. The van der Waals surface area contributed by atoms with Crippen molar-refractivity contribution in [3.63, 3.8) is 0 Å². The van der Waals surface area contributed by atoms with Crippen molar-refractivity contribution in [3.8, 4) is 0 Å². The van der Waals surface area contributed by atoms with Gasteiger partial charge in [-0.1, -0.05) is 42.5 Å². The maximum Gasteiger partial charge on any atom is 0.316 e. The predicted octanol–water partition coefficient (Wildman–Crippen LogP) is 3.68. The lowest BCUT2D eigenvalue weighted by atomic mass is 9.96. The van der Waals surface area contributed by atoms with E-state index in [-0.39, 0.29) is 18.3 Å². The Kier molecular flexibility index (Phi) is 3.86. The number of esters is 1. The zero-order chi connectivity index (χ0) is 16.4. The van der Waals surface area contributed by atoms with Crippen LogP contribution in [0.3, 0.4) is 0 Å². The Morgan fingerprint density at radius 2 is 1.87 bits per heavy atom. The molecule has 0 unspecified atom stereocenters. The highest BCUT2D eigenvalue weighted by Gasteiger charge is 2.52. The Hall–Kier alpha value is -2.69. The summed E-state index contributed by atoms with van der Waals surface area (Å²) in [5.74, 6) is -0.255. The van der Waals surface area contributed by atoms with E-state index in [0.717, 1.165) is 18.4 Å². The van der Waals surface area contributed by atoms with Gasteiger partial charge in [0.25, 0.3) is 5.69 Å². The minimum absolute atomic E-state index is 0.0442. The van der Waals surface area contributed by atoms with E-state index in [1.54, 1.807) is 19.1 Å². The number of carbonyl (C=O) groups is 1. The van der Waals surface area contributed by atoms with E-state index in [1.165, 1.54) is 6.07 Å². The molecule has 0 atom stereocenters. The number of rotatable bonds is 5. The highest BCUT2D eigenvalue weighted by Crippen LogP contribution is 2.49. The normalized spacial score (nSPS) is 15.0. The third-order valence-electron chi connectivity index (χ3n) is 4.44. The maximum atomic E-state index is 12.5. The first-order valence-electron chi connectivity index (χ1n) is 7.50. The summed E-state index contributed by atoms with van der Waals surface area (Å²) >= 11 is 0. The molecule has 23 heavy (non-hydrogen) atoms. The number of nitro groups is 1. The van der Waals surface area contributed by atoms with Crippen LogP contribution < -0.4 is 0 Å². The minimum atomic E-state index is -0.532. The van der Waals surface area contributed by atoms with Crippen molar-refractivity contribution in [1.82, 2.24) is 0 Å².